The van der Waals surface area contributed by atoms with Crippen LogP contribution in [0.15, 0.2) is 47.3 Å². The second-order valence-electron chi connectivity index (χ2n) is 5.64. The summed E-state index contributed by atoms with van der Waals surface area (Å²) >= 11 is 9.80. The summed E-state index contributed by atoms with van der Waals surface area (Å²) < 4.78 is 1.03. The molecule has 1 aliphatic rings. The number of hydrogen-bond donors (Lipinski definition) is 0. The molecule has 3 heterocycles. The molecule has 0 unspecified atom stereocenters. The van der Waals surface area contributed by atoms with Crippen molar-refractivity contribution in [1.82, 2.24) is 15.0 Å². The molecule has 3 aromatic rings. The summed E-state index contributed by atoms with van der Waals surface area (Å²) in [6.45, 7) is 3.45. The Labute approximate surface area is 153 Å². The van der Waals surface area contributed by atoms with Crippen molar-refractivity contribution in [3.63, 3.8) is 0 Å². The fourth-order valence-corrected chi connectivity index (χ4v) is 3.61. The molecular formula is C17H15BrClN5. The summed E-state index contributed by atoms with van der Waals surface area (Å²) in [5.74, 6) is 1.84. The van der Waals surface area contributed by atoms with Crippen molar-refractivity contribution >= 4 is 50.1 Å². The van der Waals surface area contributed by atoms with Gasteiger partial charge in [0.2, 0.25) is 0 Å². The van der Waals surface area contributed by atoms with E-state index in [4.69, 9.17) is 11.6 Å². The number of nitrogens with zero attached hydrogens (tertiary/aromatic N) is 5. The van der Waals surface area contributed by atoms with E-state index in [0.29, 0.717) is 5.02 Å². The van der Waals surface area contributed by atoms with E-state index < -0.39 is 0 Å². The lowest BCUT2D eigenvalue weighted by Gasteiger charge is -2.36. The molecule has 0 bridgehead atoms. The average Bonchev–Trinajstić information content (AvgIpc) is 2.62. The number of benzene rings is 1. The van der Waals surface area contributed by atoms with Crippen LogP contribution >= 0.6 is 27.5 Å². The van der Waals surface area contributed by atoms with Crippen LogP contribution in [0, 0.1) is 0 Å². The molecule has 1 aromatic carbocycles. The molecule has 122 valence electrons. The fraction of sp³-hybridized carbons (Fsp3) is 0.235. The van der Waals surface area contributed by atoms with Crippen molar-refractivity contribution in [3.05, 3.63) is 52.4 Å². The Bertz CT molecular complexity index is 880. The summed E-state index contributed by atoms with van der Waals surface area (Å²) in [6, 6.07) is 9.82. The van der Waals surface area contributed by atoms with Gasteiger partial charge in [0, 0.05) is 42.2 Å². The van der Waals surface area contributed by atoms with Crippen molar-refractivity contribution < 1.29 is 0 Å². The lowest BCUT2D eigenvalue weighted by molar-refractivity contribution is 0.643. The first kappa shape index (κ1) is 15.6. The number of pyridine rings is 1. The number of hydrogen-bond acceptors (Lipinski definition) is 5. The van der Waals surface area contributed by atoms with E-state index in [0.717, 1.165) is 53.2 Å². The topological polar surface area (TPSA) is 45.2 Å². The molecule has 1 saturated heterocycles. The second-order valence-corrected chi connectivity index (χ2v) is 6.96. The molecule has 5 nitrogen and oxygen atoms in total. The summed E-state index contributed by atoms with van der Waals surface area (Å²) in [6.07, 6.45) is 3.41. The number of rotatable bonds is 2. The highest BCUT2D eigenvalue weighted by Gasteiger charge is 2.22. The summed E-state index contributed by atoms with van der Waals surface area (Å²) in [4.78, 5) is 17.8. The third kappa shape index (κ3) is 2.91. The maximum absolute atomic E-state index is 6.26. The molecule has 1 fully saturated rings. The van der Waals surface area contributed by atoms with Crippen LogP contribution in [-0.2, 0) is 0 Å². The van der Waals surface area contributed by atoms with E-state index in [1.807, 2.05) is 24.3 Å². The van der Waals surface area contributed by atoms with Crippen LogP contribution in [0.1, 0.15) is 0 Å². The monoisotopic (exact) mass is 403 g/mol. The van der Waals surface area contributed by atoms with Crippen LogP contribution in [-0.4, -0.2) is 41.1 Å². The quantitative estimate of drug-likeness (QED) is 0.650. The summed E-state index contributed by atoms with van der Waals surface area (Å²) in [7, 11) is 0. The molecule has 0 spiro atoms. The lowest BCUT2D eigenvalue weighted by atomic mass is 10.2. The minimum absolute atomic E-state index is 0.697. The Kier molecular flexibility index (Phi) is 4.24. The number of halogens is 2. The highest BCUT2D eigenvalue weighted by atomic mass is 79.9. The van der Waals surface area contributed by atoms with Crippen LogP contribution in [0.25, 0.3) is 10.9 Å². The van der Waals surface area contributed by atoms with E-state index in [1.54, 1.807) is 12.5 Å². The number of piperazine rings is 1. The Morgan fingerprint density at radius 2 is 1.67 bits per heavy atom. The molecule has 0 atom stereocenters. The van der Waals surface area contributed by atoms with Crippen LogP contribution in [0.2, 0.25) is 5.02 Å². The highest BCUT2D eigenvalue weighted by Crippen LogP contribution is 2.28. The zero-order chi connectivity index (χ0) is 16.5. The van der Waals surface area contributed by atoms with E-state index >= 15 is 0 Å². The second kappa shape index (κ2) is 6.53. The van der Waals surface area contributed by atoms with Gasteiger partial charge >= 0.3 is 0 Å². The van der Waals surface area contributed by atoms with Gasteiger partial charge in [-0.3, -0.25) is 0 Å². The first-order valence-corrected chi connectivity index (χ1v) is 8.90. The van der Waals surface area contributed by atoms with Crippen LogP contribution < -0.4 is 9.80 Å². The Balaban J connectivity index is 1.58. The minimum atomic E-state index is 0.697. The number of aromatic nitrogens is 3. The maximum Gasteiger partial charge on any atom is 0.147 e. The van der Waals surface area contributed by atoms with Gasteiger partial charge in [0.15, 0.2) is 0 Å². The van der Waals surface area contributed by atoms with Gasteiger partial charge < -0.3 is 9.80 Å². The number of anilines is 2. The first-order chi connectivity index (χ1) is 11.7. The molecule has 4 rings (SSSR count). The molecule has 0 aliphatic carbocycles. The molecule has 7 heteroatoms. The largest absolute Gasteiger partial charge is 0.352 e. The molecule has 1 aliphatic heterocycles. The predicted octanol–water partition coefficient (Wildman–Crippen LogP) is 3.77. The molecule has 0 radical (unpaired) electrons. The maximum atomic E-state index is 6.26. The SMILES string of the molecule is Clc1cccnc1N1CCN(c2ncnc3ccc(Br)cc23)CC1. The van der Waals surface area contributed by atoms with Crippen molar-refractivity contribution in [2.75, 3.05) is 36.0 Å². The highest BCUT2D eigenvalue weighted by molar-refractivity contribution is 9.10. The molecule has 24 heavy (non-hydrogen) atoms. The zero-order valence-corrected chi connectivity index (χ0v) is 15.2. The molecule has 0 N–H and O–H groups in total. The summed E-state index contributed by atoms with van der Waals surface area (Å²) in [5.41, 5.74) is 0.957. The summed E-state index contributed by atoms with van der Waals surface area (Å²) in [5, 5.41) is 1.76. The van der Waals surface area contributed by atoms with E-state index in [1.165, 1.54) is 0 Å². The average molecular weight is 405 g/mol. The van der Waals surface area contributed by atoms with Gasteiger partial charge in [-0.25, -0.2) is 15.0 Å². The van der Waals surface area contributed by atoms with Gasteiger partial charge in [0.25, 0.3) is 0 Å². The molecular weight excluding hydrogens is 390 g/mol. The zero-order valence-electron chi connectivity index (χ0n) is 12.9. The van der Waals surface area contributed by atoms with Gasteiger partial charge in [-0.2, -0.15) is 0 Å². The Hall–Kier alpha value is -1.92. The Morgan fingerprint density at radius 3 is 2.42 bits per heavy atom. The van der Waals surface area contributed by atoms with Gasteiger partial charge in [0.1, 0.15) is 18.0 Å². The van der Waals surface area contributed by atoms with Gasteiger partial charge in [0.05, 0.1) is 10.5 Å². The van der Waals surface area contributed by atoms with Gasteiger partial charge in [-0.15, -0.1) is 0 Å². The van der Waals surface area contributed by atoms with Crippen molar-refractivity contribution in [1.29, 1.82) is 0 Å². The third-order valence-electron chi connectivity index (χ3n) is 4.19. The van der Waals surface area contributed by atoms with Crippen LogP contribution in [0.3, 0.4) is 0 Å². The van der Waals surface area contributed by atoms with Crippen molar-refractivity contribution in [2.45, 2.75) is 0 Å². The smallest absolute Gasteiger partial charge is 0.147 e. The van der Waals surface area contributed by atoms with E-state index in [-0.39, 0.29) is 0 Å². The predicted molar refractivity (Wildman–Crippen MR) is 101 cm³/mol. The molecule has 0 saturated carbocycles. The van der Waals surface area contributed by atoms with E-state index in [2.05, 4.69) is 46.7 Å². The normalized spacial score (nSPS) is 15.1. The molecule has 0 amide bonds. The Morgan fingerprint density at radius 1 is 0.917 bits per heavy atom. The van der Waals surface area contributed by atoms with Gasteiger partial charge in [-0.05, 0) is 30.3 Å². The van der Waals surface area contributed by atoms with Crippen LogP contribution in [0.4, 0.5) is 11.6 Å². The fourth-order valence-electron chi connectivity index (χ4n) is 3.01. The van der Waals surface area contributed by atoms with Crippen molar-refractivity contribution in [3.8, 4) is 0 Å². The van der Waals surface area contributed by atoms with Crippen LogP contribution in [0.5, 0.6) is 0 Å². The third-order valence-corrected chi connectivity index (χ3v) is 4.98. The first-order valence-electron chi connectivity index (χ1n) is 7.73. The van der Waals surface area contributed by atoms with Gasteiger partial charge in [-0.1, -0.05) is 27.5 Å². The van der Waals surface area contributed by atoms with E-state index in [9.17, 15) is 0 Å². The minimum Gasteiger partial charge on any atom is -0.352 e. The lowest BCUT2D eigenvalue weighted by Crippen LogP contribution is -2.47. The number of fused-ring (bicyclic) bond motifs is 1. The van der Waals surface area contributed by atoms with Crippen molar-refractivity contribution in [2.24, 2.45) is 0 Å². The molecule has 2 aromatic heterocycles. The standard InChI is InChI=1S/C17H15BrClN5/c18-12-3-4-15-13(10-12)16(22-11-21-15)23-6-8-24(9-7-23)17-14(19)2-1-5-20-17/h1-5,10-11H,6-9H2.